The molecular formula is C14H30IN3. The Balaban J connectivity index is 0.00000289. The van der Waals surface area contributed by atoms with Gasteiger partial charge in [-0.1, -0.05) is 19.8 Å². The van der Waals surface area contributed by atoms with Gasteiger partial charge in [-0.15, -0.1) is 24.0 Å². The van der Waals surface area contributed by atoms with Gasteiger partial charge in [0.2, 0.25) is 0 Å². The Hall–Kier alpha value is 0. The molecule has 1 saturated carbocycles. The Morgan fingerprint density at radius 3 is 2.22 bits per heavy atom. The molecule has 3 nitrogen and oxygen atoms in total. The van der Waals surface area contributed by atoms with Gasteiger partial charge in [0.1, 0.15) is 0 Å². The van der Waals surface area contributed by atoms with Crippen molar-refractivity contribution in [2.24, 2.45) is 10.4 Å². The second-order valence-electron chi connectivity index (χ2n) is 6.59. The third kappa shape index (κ3) is 6.81. The zero-order chi connectivity index (χ0) is 12.9. The van der Waals surface area contributed by atoms with E-state index < -0.39 is 0 Å². The van der Waals surface area contributed by atoms with Gasteiger partial charge in [0.05, 0.1) is 0 Å². The molecule has 0 saturated heterocycles. The SMILES string of the molecule is CCNC(=NCC1(C)CCCC1)NC(C)(C)C.I. The number of nitrogens with one attached hydrogen (secondary N) is 2. The van der Waals surface area contributed by atoms with Crippen LogP contribution in [0.5, 0.6) is 0 Å². The van der Waals surface area contributed by atoms with Crippen LogP contribution in [0.15, 0.2) is 4.99 Å². The summed E-state index contributed by atoms with van der Waals surface area (Å²) in [7, 11) is 0. The number of nitrogens with zero attached hydrogens (tertiary/aromatic N) is 1. The summed E-state index contributed by atoms with van der Waals surface area (Å²) in [5.41, 5.74) is 0.498. The molecule has 0 aromatic rings. The van der Waals surface area contributed by atoms with Crippen LogP contribution >= 0.6 is 24.0 Å². The molecule has 0 amide bonds. The van der Waals surface area contributed by atoms with Crippen molar-refractivity contribution in [1.82, 2.24) is 10.6 Å². The Labute approximate surface area is 130 Å². The summed E-state index contributed by atoms with van der Waals surface area (Å²) in [6.45, 7) is 12.8. The minimum absolute atomic E-state index is 0. The van der Waals surface area contributed by atoms with E-state index in [4.69, 9.17) is 4.99 Å². The molecule has 0 bridgehead atoms. The van der Waals surface area contributed by atoms with Crippen molar-refractivity contribution in [3.05, 3.63) is 0 Å². The molecule has 108 valence electrons. The van der Waals surface area contributed by atoms with E-state index in [0.29, 0.717) is 5.41 Å². The van der Waals surface area contributed by atoms with Crippen LogP contribution in [-0.4, -0.2) is 24.6 Å². The Morgan fingerprint density at radius 2 is 1.78 bits per heavy atom. The van der Waals surface area contributed by atoms with Crippen LogP contribution in [-0.2, 0) is 0 Å². The van der Waals surface area contributed by atoms with Gasteiger partial charge in [-0.3, -0.25) is 4.99 Å². The van der Waals surface area contributed by atoms with E-state index in [9.17, 15) is 0 Å². The molecule has 0 unspecified atom stereocenters. The fourth-order valence-electron chi connectivity index (χ4n) is 2.32. The first-order valence-electron chi connectivity index (χ1n) is 6.91. The standard InChI is InChI=1S/C14H29N3.HI/c1-6-15-12(17-13(2,3)4)16-11-14(5)9-7-8-10-14;/h6-11H2,1-5H3,(H2,15,16,17);1H. The van der Waals surface area contributed by atoms with Crippen LogP contribution in [0, 0.1) is 5.41 Å². The van der Waals surface area contributed by atoms with Gasteiger partial charge in [-0.2, -0.15) is 0 Å². The zero-order valence-electron chi connectivity index (χ0n) is 12.6. The van der Waals surface area contributed by atoms with Crippen LogP contribution in [0.1, 0.15) is 60.3 Å². The normalized spacial score (nSPS) is 19.3. The highest BCUT2D eigenvalue weighted by atomic mass is 127. The summed E-state index contributed by atoms with van der Waals surface area (Å²) in [4.78, 5) is 4.75. The molecule has 1 fully saturated rings. The van der Waals surface area contributed by atoms with E-state index in [0.717, 1.165) is 19.0 Å². The lowest BCUT2D eigenvalue weighted by Crippen LogP contribution is -2.48. The fourth-order valence-corrected chi connectivity index (χ4v) is 2.32. The zero-order valence-corrected chi connectivity index (χ0v) is 14.9. The van der Waals surface area contributed by atoms with Crippen LogP contribution in [0.3, 0.4) is 0 Å². The molecule has 0 radical (unpaired) electrons. The van der Waals surface area contributed by atoms with Crippen molar-refractivity contribution >= 4 is 29.9 Å². The van der Waals surface area contributed by atoms with Crippen molar-refractivity contribution < 1.29 is 0 Å². The maximum Gasteiger partial charge on any atom is 0.191 e. The molecule has 18 heavy (non-hydrogen) atoms. The topological polar surface area (TPSA) is 36.4 Å². The number of guanidine groups is 1. The van der Waals surface area contributed by atoms with E-state index >= 15 is 0 Å². The highest BCUT2D eigenvalue weighted by Gasteiger charge is 2.28. The van der Waals surface area contributed by atoms with Gasteiger partial charge in [-0.25, -0.2) is 0 Å². The maximum absolute atomic E-state index is 4.75. The van der Waals surface area contributed by atoms with Crippen LogP contribution in [0.25, 0.3) is 0 Å². The number of hydrogen-bond donors (Lipinski definition) is 2. The van der Waals surface area contributed by atoms with E-state index in [1.807, 2.05) is 0 Å². The summed E-state index contributed by atoms with van der Waals surface area (Å²) in [6, 6.07) is 0. The van der Waals surface area contributed by atoms with E-state index in [1.165, 1.54) is 25.7 Å². The molecule has 0 spiro atoms. The van der Waals surface area contributed by atoms with E-state index in [1.54, 1.807) is 0 Å². The summed E-state index contributed by atoms with van der Waals surface area (Å²) < 4.78 is 0. The lowest BCUT2D eigenvalue weighted by molar-refractivity contribution is 0.349. The number of hydrogen-bond acceptors (Lipinski definition) is 1. The molecule has 0 aromatic carbocycles. The van der Waals surface area contributed by atoms with Crippen molar-refractivity contribution in [2.45, 2.75) is 65.8 Å². The van der Waals surface area contributed by atoms with Crippen molar-refractivity contribution in [3.63, 3.8) is 0 Å². The predicted molar refractivity (Wildman–Crippen MR) is 90.9 cm³/mol. The Bertz CT molecular complexity index is 263. The van der Waals surface area contributed by atoms with E-state index in [-0.39, 0.29) is 29.5 Å². The third-order valence-corrected chi connectivity index (χ3v) is 3.27. The average molecular weight is 367 g/mol. The first-order valence-corrected chi connectivity index (χ1v) is 6.91. The van der Waals surface area contributed by atoms with Crippen LogP contribution in [0.2, 0.25) is 0 Å². The van der Waals surface area contributed by atoms with Gasteiger partial charge >= 0.3 is 0 Å². The van der Waals surface area contributed by atoms with Gasteiger partial charge in [0.25, 0.3) is 0 Å². The summed E-state index contributed by atoms with van der Waals surface area (Å²) in [5.74, 6) is 0.952. The van der Waals surface area contributed by atoms with Crippen molar-refractivity contribution in [2.75, 3.05) is 13.1 Å². The fraction of sp³-hybridized carbons (Fsp3) is 0.929. The average Bonchev–Trinajstić information content (AvgIpc) is 2.61. The van der Waals surface area contributed by atoms with Gasteiger partial charge < -0.3 is 10.6 Å². The van der Waals surface area contributed by atoms with Gasteiger partial charge in [0, 0.05) is 18.6 Å². The highest BCUT2D eigenvalue weighted by Crippen LogP contribution is 2.37. The summed E-state index contributed by atoms with van der Waals surface area (Å²) in [6.07, 6.45) is 5.39. The van der Waals surface area contributed by atoms with Crippen LogP contribution in [0.4, 0.5) is 0 Å². The van der Waals surface area contributed by atoms with Crippen molar-refractivity contribution in [1.29, 1.82) is 0 Å². The second-order valence-corrected chi connectivity index (χ2v) is 6.59. The maximum atomic E-state index is 4.75. The minimum Gasteiger partial charge on any atom is -0.357 e. The predicted octanol–water partition coefficient (Wildman–Crippen LogP) is 3.54. The Kier molecular flexibility index (Phi) is 7.56. The molecule has 1 aliphatic rings. The minimum atomic E-state index is 0. The highest BCUT2D eigenvalue weighted by molar-refractivity contribution is 14.0. The summed E-state index contributed by atoms with van der Waals surface area (Å²) >= 11 is 0. The molecule has 0 heterocycles. The lowest BCUT2D eigenvalue weighted by atomic mass is 9.89. The molecule has 0 aromatic heterocycles. The summed E-state index contributed by atoms with van der Waals surface area (Å²) in [5, 5.41) is 6.76. The number of rotatable bonds is 3. The quantitative estimate of drug-likeness (QED) is 0.455. The first kappa shape index (κ1) is 18.0. The molecule has 2 N–H and O–H groups in total. The lowest BCUT2D eigenvalue weighted by Gasteiger charge is -2.26. The monoisotopic (exact) mass is 367 g/mol. The molecule has 0 atom stereocenters. The number of halogens is 1. The molecular weight excluding hydrogens is 337 g/mol. The molecule has 4 heteroatoms. The van der Waals surface area contributed by atoms with Crippen molar-refractivity contribution in [3.8, 4) is 0 Å². The largest absolute Gasteiger partial charge is 0.357 e. The number of aliphatic imine (C=N–C) groups is 1. The van der Waals surface area contributed by atoms with E-state index in [2.05, 4.69) is 45.3 Å². The molecule has 1 rings (SSSR count). The first-order chi connectivity index (χ1) is 7.85. The Morgan fingerprint density at radius 1 is 1.22 bits per heavy atom. The second kappa shape index (κ2) is 7.56. The smallest absolute Gasteiger partial charge is 0.191 e. The molecule has 1 aliphatic carbocycles. The third-order valence-electron chi connectivity index (χ3n) is 3.27. The van der Waals surface area contributed by atoms with Gasteiger partial charge in [-0.05, 0) is 46.0 Å². The molecule has 0 aliphatic heterocycles. The van der Waals surface area contributed by atoms with Gasteiger partial charge in [0.15, 0.2) is 5.96 Å². The van der Waals surface area contributed by atoms with Crippen LogP contribution < -0.4 is 10.6 Å².